The second-order valence-corrected chi connectivity index (χ2v) is 3.80. The molecule has 16 heavy (non-hydrogen) atoms. The molecule has 0 saturated carbocycles. The van der Waals surface area contributed by atoms with E-state index in [4.69, 9.17) is 9.47 Å². The van der Waals surface area contributed by atoms with E-state index in [2.05, 4.69) is 0 Å². The van der Waals surface area contributed by atoms with Crippen LogP contribution < -0.4 is 9.47 Å². The molecule has 2 rings (SSSR count). The van der Waals surface area contributed by atoms with Crippen molar-refractivity contribution in [3.63, 3.8) is 0 Å². The third-order valence-electron chi connectivity index (χ3n) is 2.59. The molecule has 0 aromatic heterocycles. The molecule has 1 heterocycles. The third-order valence-corrected chi connectivity index (χ3v) is 2.59. The van der Waals surface area contributed by atoms with Gasteiger partial charge < -0.3 is 9.47 Å². The molecule has 1 aliphatic rings. The Balaban J connectivity index is 2.60. The number of methoxy groups -OCH3 is 1. The number of Topliss-reactive ketones (excluding diaryl/α,β-unsaturated/α-hetero) is 1. The van der Waals surface area contributed by atoms with Gasteiger partial charge in [0.05, 0.1) is 18.2 Å². The Labute approximate surface area is 94.7 Å². The van der Waals surface area contributed by atoms with E-state index in [-0.39, 0.29) is 11.9 Å². The van der Waals surface area contributed by atoms with Gasteiger partial charge in [0.25, 0.3) is 0 Å². The standard InChI is InChI=1S/C13H14O3/c1-8-4-5-11-12(16-8)7-6-10(9(2)14)13(11)15-3/h4-8H,1-3H3. The Kier molecular flexibility index (Phi) is 2.69. The lowest BCUT2D eigenvalue weighted by Crippen LogP contribution is -2.13. The predicted octanol–water partition coefficient (Wildman–Crippen LogP) is 2.69. The van der Waals surface area contributed by atoms with Crippen LogP contribution in [0.15, 0.2) is 18.2 Å². The first-order valence-electron chi connectivity index (χ1n) is 5.20. The normalized spacial score (nSPS) is 17.6. The molecular weight excluding hydrogens is 204 g/mol. The molecule has 3 nitrogen and oxygen atoms in total. The van der Waals surface area contributed by atoms with Crippen molar-refractivity contribution in [2.75, 3.05) is 7.11 Å². The number of carbonyl (C=O) groups excluding carboxylic acids is 1. The number of rotatable bonds is 2. The summed E-state index contributed by atoms with van der Waals surface area (Å²) in [6.45, 7) is 3.49. The van der Waals surface area contributed by atoms with E-state index < -0.39 is 0 Å². The molecule has 1 aliphatic heterocycles. The zero-order chi connectivity index (χ0) is 11.7. The smallest absolute Gasteiger partial charge is 0.163 e. The van der Waals surface area contributed by atoms with Gasteiger partial charge in [-0.05, 0) is 38.1 Å². The molecule has 1 aromatic carbocycles. The van der Waals surface area contributed by atoms with Gasteiger partial charge in [-0.15, -0.1) is 0 Å². The molecule has 0 bridgehead atoms. The summed E-state index contributed by atoms with van der Waals surface area (Å²) in [5.41, 5.74) is 1.43. The van der Waals surface area contributed by atoms with Crippen LogP contribution in [0.4, 0.5) is 0 Å². The second kappa shape index (κ2) is 4.00. The first kappa shape index (κ1) is 10.7. The quantitative estimate of drug-likeness (QED) is 0.716. The van der Waals surface area contributed by atoms with Gasteiger partial charge >= 0.3 is 0 Å². The average molecular weight is 218 g/mol. The average Bonchev–Trinajstić information content (AvgIpc) is 2.26. The number of carbonyl (C=O) groups is 1. The second-order valence-electron chi connectivity index (χ2n) is 3.80. The van der Waals surface area contributed by atoms with Crippen LogP contribution in [0.2, 0.25) is 0 Å². The fraction of sp³-hybridized carbons (Fsp3) is 0.308. The molecule has 1 unspecified atom stereocenters. The molecule has 1 atom stereocenters. The van der Waals surface area contributed by atoms with E-state index in [1.165, 1.54) is 6.92 Å². The van der Waals surface area contributed by atoms with Gasteiger partial charge in [0, 0.05) is 0 Å². The van der Waals surface area contributed by atoms with Gasteiger partial charge in [-0.3, -0.25) is 4.79 Å². The van der Waals surface area contributed by atoms with Crippen LogP contribution in [-0.2, 0) is 0 Å². The molecule has 0 amide bonds. The lowest BCUT2D eigenvalue weighted by Gasteiger charge is -2.21. The maximum absolute atomic E-state index is 11.4. The summed E-state index contributed by atoms with van der Waals surface area (Å²) in [6, 6.07) is 3.56. The van der Waals surface area contributed by atoms with Crippen LogP contribution in [0.3, 0.4) is 0 Å². The van der Waals surface area contributed by atoms with E-state index in [1.54, 1.807) is 13.2 Å². The summed E-state index contributed by atoms with van der Waals surface area (Å²) < 4.78 is 10.9. The highest BCUT2D eigenvalue weighted by atomic mass is 16.5. The summed E-state index contributed by atoms with van der Waals surface area (Å²) in [5, 5.41) is 0. The SMILES string of the molecule is COc1c(C(C)=O)ccc2c1C=CC(C)O2. The zero-order valence-corrected chi connectivity index (χ0v) is 9.61. The van der Waals surface area contributed by atoms with Gasteiger partial charge in [0.15, 0.2) is 5.78 Å². The Bertz CT molecular complexity index is 460. The van der Waals surface area contributed by atoms with Gasteiger partial charge in [-0.25, -0.2) is 0 Å². The molecule has 1 aromatic rings. The zero-order valence-electron chi connectivity index (χ0n) is 9.61. The minimum absolute atomic E-state index is 0.00771. The first-order chi connectivity index (χ1) is 7.63. The number of hydrogen-bond donors (Lipinski definition) is 0. The van der Waals surface area contributed by atoms with Crippen molar-refractivity contribution < 1.29 is 14.3 Å². The Morgan fingerprint density at radius 1 is 1.44 bits per heavy atom. The molecule has 84 valence electrons. The molecule has 0 fully saturated rings. The molecule has 3 heteroatoms. The van der Waals surface area contributed by atoms with Crippen LogP contribution in [-0.4, -0.2) is 19.0 Å². The van der Waals surface area contributed by atoms with E-state index in [0.29, 0.717) is 11.3 Å². The van der Waals surface area contributed by atoms with Gasteiger partial charge in [0.2, 0.25) is 0 Å². The fourth-order valence-electron chi connectivity index (χ4n) is 1.81. The Hall–Kier alpha value is -1.77. The van der Waals surface area contributed by atoms with Crippen LogP contribution in [0.1, 0.15) is 29.8 Å². The number of ether oxygens (including phenoxy) is 2. The monoisotopic (exact) mass is 218 g/mol. The summed E-state index contributed by atoms with van der Waals surface area (Å²) in [7, 11) is 1.56. The lowest BCUT2D eigenvalue weighted by molar-refractivity contribution is 0.101. The Morgan fingerprint density at radius 3 is 2.81 bits per heavy atom. The summed E-state index contributed by atoms with van der Waals surface area (Å²) in [4.78, 5) is 11.4. The summed E-state index contributed by atoms with van der Waals surface area (Å²) >= 11 is 0. The molecule has 0 saturated heterocycles. The van der Waals surface area contributed by atoms with Crippen molar-refractivity contribution in [2.24, 2.45) is 0 Å². The first-order valence-corrected chi connectivity index (χ1v) is 5.20. The highest BCUT2D eigenvalue weighted by molar-refractivity contribution is 5.98. The van der Waals surface area contributed by atoms with Crippen LogP contribution >= 0.6 is 0 Å². The number of ketones is 1. The summed E-state index contributed by atoms with van der Waals surface area (Å²) in [6.07, 6.45) is 3.93. The maximum atomic E-state index is 11.4. The topological polar surface area (TPSA) is 35.5 Å². The van der Waals surface area contributed by atoms with Crippen LogP contribution in [0.5, 0.6) is 11.5 Å². The van der Waals surface area contributed by atoms with Crippen molar-refractivity contribution in [3.05, 3.63) is 29.3 Å². The van der Waals surface area contributed by atoms with Crippen molar-refractivity contribution >= 4 is 11.9 Å². The van der Waals surface area contributed by atoms with Gasteiger partial charge in [0.1, 0.15) is 17.6 Å². The summed E-state index contributed by atoms with van der Waals surface area (Å²) in [5.74, 6) is 1.34. The van der Waals surface area contributed by atoms with Crippen molar-refractivity contribution in [2.45, 2.75) is 20.0 Å². The van der Waals surface area contributed by atoms with Crippen molar-refractivity contribution in [1.82, 2.24) is 0 Å². The van der Waals surface area contributed by atoms with Crippen molar-refractivity contribution in [3.8, 4) is 11.5 Å². The molecule has 0 radical (unpaired) electrons. The van der Waals surface area contributed by atoms with Crippen LogP contribution in [0.25, 0.3) is 6.08 Å². The van der Waals surface area contributed by atoms with Crippen molar-refractivity contribution in [1.29, 1.82) is 0 Å². The van der Waals surface area contributed by atoms with Crippen LogP contribution in [0, 0.1) is 0 Å². The highest BCUT2D eigenvalue weighted by Gasteiger charge is 2.19. The van der Waals surface area contributed by atoms with E-state index in [0.717, 1.165) is 11.3 Å². The number of fused-ring (bicyclic) bond motifs is 1. The van der Waals surface area contributed by atoms with E-state index in [1.807, 2.05) is 25.1 Å². The lowest BCUT2D eigenvalue weighted by atomic mass is 10.0. The van der Waals surface area contributed by atoms with E-state index >= 15 is 0 Å². The molecule has 0 aliphatic carbocycles. The maximum Gasteiger partial charge on any atom is 0.163 e. The molecule has 0 N–H and O–H groups in total. The van der Waals surface area contributed by atoms with Gasteiger partial charge in [-0.2, -0.15) is 0 Å². The highest BCUT2D eigenvalue weighted by Crippen LogP contribution is 2.36. The van der Waals surface area contributed by atoms with E-state index in [9.17, 15) is 4.79 Å². The number of benzene rings is 1. The predicted molar refractivity (Wildman–Crippen MR) is 62.1 cm³/mol. The largest absolute Gasteiger partial charge is 0.495 e. The fourth-order valence-corrected chi connectivity index (χ4v) is 1.81. The Morgan fingerprint density at radius 2 is 2.19 bits per heavy atom. The minimum Gasteiger partial charge on any atom is -0.495 e. The third kappa shape index (κ3) is 1.69. The molecular formula is C13H14O3. The van der Waals surface area contributed by atoms with Gasteiger partial charge in [-0.1, -0.05) is 0 Å². The minimum atomic E-state index is -0.00771. The molecule has 0 spiro atoms. The number of hydrogen-bond acceptors (Lipinski definition) is 3.